The van der Waals surface area contributed by atoms with E-state index in [1.165, 1.54) is 49.9 Å². The molecule has 0 spiro atoms. The lowest BCUT2D eigenvalue weighted by Gasteiger charge is -2.26. The van der Waals surface area contributed by atoms with Crippen LogP contribution in [0.25, 0.3) is 0 Å². The molecule has 0 amide bonds. The summed E-state index contributed by atoms with van der Waals surface area (Å²) in [5, 5.41) is 3.57. The van der Waals surface area contributed by atoms with E-state index in [0.29, 0.717) is 0 Å². The van der Waals surface area contributed by atoms with Crippen LogP contribution in [-0.2, 0) is 6.54 Å². The van der Waals surface area contributed by atoms with Gasteiger partial charge >= 0.3 is 0 Å². The molecule has 1 heterocycles. The Labute approximate surface area is 110 Å². The maximum Gasteiger partial charge on any atom is 0.0368 e. The molecule has 0 radical (unpaired) electrons. The highest BCUT2D eigenvalue weighted by atomic mass is 15.2. The van der Waals surface area contributed by atoms with E-state index in [4.69, 9.17) is 0 Å². The Bertz CT molecular complexity index is 381. The Balaban J connectivity index is 1.62. The predicted molar refractivity (Wildman–Crippen MR) is 77.0 cm³/mol. The van der Waals surface area contributed by atoms with Gasteiger partial charge in [0.1, 0.15) is 0 Å². The number of anilines is 1. The fourth-order valence-corrected chi connectivity index (χ4v) is 2.96. The molecule has 2 fully saturated rings. The quantitative estimate of drug-likeness (QED) is 0.855. The summed E-state index contributed by atoms with van der Waals surface area (Å²) < 4.78 is 0. The lowest BCUT2D eigenvalue weighted by molar-refractivity contribution is 0.645. The van der Waals surface area contributed by atoms with E-state index in [0.717, 1.165) is 18.6 Å². The van der Waals surface area contributed by atoms with Gasteiger partial charge in [-0.05, 0) is 49.8 Å². The van der Waals surface area contributed by atoms with Gasteiger partial charge < -0.3 is 10.2 Å². The van der Waals surface area contributed by atoms with Crippen LogP contribution in [0.5, 0.6) is 0 Å². The number of nitrogens with zero attached hydrogens (tertiary/aromatic N) is 1. The molecular formula is C16H24N2. The summed E-state index contributed by atoms with van der Waals surface area (Å²) in [6.45, 7) is 4.57. The molecule has 0 aromatic heterocycles. The second-order valence-electron chi connectivity index (χ2n) is 5.72. The van der Waals surface area contributed by atoms with E-state index in [1.807, 2.05) is 0 Å². The second kappa shape index (κ2) is 5.31. The normalized spacial score (nSPS) is 23.6. The maximum atomic E-state index is 3.57. The molecule has 1 aliphatic carbocycles. The minimum absolute atomic E-state index is 0.764. The van der Waals surface area contributed by atoms with E-state index < -0.39 is 0 Å². The van der Waals surface area contributed by atoms with E-state index in [1.54, 1.807) is 0 Å². The summed E-state index contributed by atoms with van der Waals surface area (Å²) in [4.78, 5) is 2.58. The number of hydrogen-bond acceptors (Lipinski definition) is 2. The molecule has 1 aromatic carbocycles. The number of benzene rings is 1. The average molecular weight is 244 g/mol. The van der Waals surface area contributed by atoms with Crippen LogP contribution in [0, 0.1) is 0 Å². The van der Waals surface area contributed by atoms with Crippen molar-refractivity contribution in [2.24, 2.45) is 0 Å². The Kier molecular flexibility index (Phi) is 3.55. The van der Waals surface area contributed by atoms with Crippen LogP contribution in [0.1, 0.15) is 44.6 Å². The molecule has 3 rings (SSSR count). The van der Waals surface area contributed by atoms with Crippen molar-refractivity contribution < 1.29 is 0 Å². The van der Waals surface area contributed by atoms with Crippen LogP contribution in [0.15, 0.2) is 24.3 Å². The summed E-state index contributed by atoms with van der Waals surface area (Å²) in [6, 6.07) is 10.7. The molecule has 1 saturated heterocycles. The molecule has 1 unspecified atom stereocenters. The highest BCUT2D eigenvalue weighted by Crippen LogP contribution is 2.27. The van der Waals surface area contributed by atoms with Gasteiger partial charge in [-0.3, -0.25) is 0 Å². The number of rotatable bonds is 5. The third kappa shape index (κ3) is 2.69. The van der Waals surface area contributed by atoms with Gasteiger partial charge in [-0.15, -0.1) is 0 Å². The first kappa shape index (κ1) is 12.0. The van der Waals surface area contributed by atoms with Gasteiger partial charge in [0.05, 0.1) is 0 Å². The van der Waals surface area contributed by atoms with Crippen molar-refractivity contribution in [1.29, 1.82) is 0 Å². The third-order valence-corrected chi connectivity index (χ3v) is 4.29. The van der Waals surface area contributed by atoms with Crippen LogP contribution in [-0.4, -0.2) is 18.6 Å². The fourth-order valence-electron chi connectivity index (χ4n) is 2.96. The van der Waals surface area contributed by atoms with Crippen LogP contribution < -0.4 is 10.2 Å². The summed E-state index contributed by atoms with van der Waals surface area (Å²) in [5.41, 5.74) is 2.83. The summed E-state index contributed by atoms with van der Waals surface area (Å²) in [5.74, 6) is 0. The molecule has 0 bridgehead atoms. The highest BCUT2D eigenvalue weighted by Gasteiger charge is 2.23. The molecule has 98 valence electrons. The molecule has 1 saturated carbocycles. The molecule has 1 aliphatic heterocycles. The third-order valence-electron chi connectivity index (χ3n) is 4.29. The average Bonchev–Trinajstić information content (AvgIpc) is 3.12. The van der Waals surface area contributed by atoms with Gasteiger partial charge in [0.15, 0.2) is 0 Å². The first-order valence-corrected chi connectivity index (χ1v) is 7.46. The minimum atomic E-state index is 0.764. The maximum absolute atomic E-state index is 3.57. The zero-order valence-electron chi connectivity index (χ0n) is 11.4. The van der Waals surface area contributed by atoms with Crippen molar-refractivity contribution in [3.8, 4) is 0 Å². The Hall–Kier alpha value is -1.02. The van der Waals surface area contributed by atoms with Gasteiger partial charge in [-0.2, -0.15) is 0 Å². The van der Waals surface area contributed by atoms with E-state index in [2.05, 4.69) is 41.4 Å². The minimum Gasteiger partial charge on any atom is -0.369 e. The molecule has 2 aliphatic rings. The Morgan fingerprint density at radius 3 is 2.61 bits per heavy atom. The van der Waals surface area contributed by atoms with Crippen molar-refractivity contribution in [3.63, 3.8) is 0 Å². The number of hydrogen-bond donors (Lipinski definition) is 1. The van der Waals surface area contributed by atoms with Gasteiger partial charge in [0.2, 0.25) is 0 Å². The molecule has 1 aromatic rings. The lowest BCUT2D eigenvalue weighted by atomic mass is 10.1. The SMILES string of the molecule is CCC1CCCN1c1ccc(CNC2CC2)cc1. The largest absolute Gasteiger partial charge is 0.369 e. The fraction of sp³-hybridized carbons (Fsp3) is 0.625. The highest BCUT2D eigenvalue weighted by molar-refractivity contribution is 5.49. The Morgan fingerprint density at radius 2 is 1.94 bits per heavy atom. The standard InChI is InChI=1S/C16H24N2/c1-2-15-4-3-11-18(15)16-9-5-13(6-10-16)12-17-14-7-8-14/h5-6,9-10,14-15,17H,2-4,7-8,11-12H2,1H3. The zero-order chi connectivity index (χ0) is 12.4. The molecule has 2 nitrogen and oxygen atoms in total. The van der Waals surface area contributed by atoms with Crippen LogP contribution in [0.4, 0.5) is 5.69 Å². The molecular weight excluding hydrogens is 220 g/mol. The first-order chi connectivity index (χ1) is 8.86. The van der Waals surface area contributed by atoms with Crippen molar-refractivity contribution >= 4 is 5.69 Å². The van der Waals surface area contributed by atoms with Crippen molar-refractivity contribution in [2.75, 3.05) is 11.4 Å². The Morgan fingerprint density at radius 1 is 1.17 bits per heavy atom. The van der Waals surface area contributed by atoms with Crippen LogP contribution >= 0.6 is 0 Å². The van der Waals surface area contributed by atoms with Crippen LogP contribution in [0.2, 0.25) is 0 Å². The van der Waals surface area contributed by atoms with E-state index in [-0.39, 0.29) is 0 Å². The van der Waals surface area contributed by atoms with Gasteiger partial charge in [-0.1, -0.05) is 19.1 Å². The smallest absolute Gasteiger partial charge is 0.0368 e. The van der Waals surface area contributed by atoms with E-state index in [9.17, 15) is 0 Å². The summed E-state index contributed by atoms with van der Waals surface area (Å²) in [6.07, 6.45) is 6.71. The van der Waals surface area contributed by atoms with Crippen LogP contribution in [0.3, 0.4) is 0 Å². The second-order valence-corrected chi connectivity index (χ2v) is 5.72. The molecule has 2 heteroatoms. The molecule has 1 atom stereocenters. The first-order valence-electron chi connectivity index (χ1n) is 7.46. The molecule has 18 heavy (non-hydrogen) atoms. The van der Waals surface area contributed by atoms with E-state index >= 15 is 0 Å². The van der Waals surface area contributed by atoms with Crippen molar-refractivity contribution in [1.82, 2.24) is 5.32 Å². The van der Waals surface area contributed by atoms with Gasteiger partial charge in [0.25, 0.3) is 0 Å². The monoisotopic (exact) mass is 244 g/mol. The summed E-state index contributed by atoms with van der Waals surface area (Å²) in [7, 11) is 0. The predicted octanol–water partition coefficient (Wildman–Crippen LogP) is 3.32. The topological polar surface area (TPSA) is 15.3 Å². The lowest BCUT2D eigenvalue weighted by Crippen LogP contribution is -2.28. The summed E-state index contributed by atoms with van der Waals surface area (Å²) >= 11 is 0. The van der Waals surface area contributed by atoms with Gasteiger partial charge in [-0.25, -0.2) is 0 Å². The van der Waals surface area contributed by atoms with Gasteiger partial charge in [0, 0.05) is 30.9 Å². The number of nitrogens with one attached hydrogen (secondary N) is 1. The van der Waals surface area contributed by atoms with Crippen molar-refractivity contribution in [2.45, 2.75) is 57.7 Å². The zero-order valence-corrected chi connectivity index (χ0v) is 11.4. The van der Waals surface area contributed by atoms with Crippen molar-refractivity contribution in [3.05, 3.63) is 29.8 Å². The molecule has 1 N–H and O–H groups in total.